The van der Waals surface area contributed by atoms with E-state index in [1.165, 1.54) is 18.4 Å². The van der Waals surface area contributed by atoms with Gasteiger partial charge in [0.15, 0.2) is 5.13 Å². The molecular formula is C26H27ClN2OS. The first kappa shape index (κ1) is 21.7. The van der Waals surface area contributed by atoms with Crippen LogP contribution in [-0.2, 0) is 0 Å². The quantitative estimate of drug-likeness (QED) is 0.372. The highest BCUT2D eigenvalue weighted by Crippen LogP contribution is 2.42. The Kier molecular flexibility index (Phi) is 6.55. The summed E-state index contributed by atoms with van der Waals surface area (Å²) in [6, 6.07) is 14.3. The summed E-state index contributed by atoms with van der Waals surface area (Å²) >= 11 is 8.17. The van der Waals surface area contributed by atoms with Gasteiger partial charge in [0.2, 0.25) is 0 Å². The number of nitrogens with one attached hydrogen (secondary N) is 1. The van der Waals surface area contributed by atoms with E-state index >= 15 is 0 Å². The Labute approximate surface area is 193 Å². The van der Waals surface area contributed by atoms with Crippen molar-refractivity contribution < 1.29 is 4.74 Å². The second kappa shape index (κ2) is 9.34. The molecule has 0 aliphatic heterocycles. The maximum absolute atomic E-state index is 6.56. The van der Waals surface area contributed by atoms with Crippen LogP contribution in [0.25, 0.3) is 11.3 Å². The Morgan fingerprint density at radius 1 is 1.26 bits per heavy atom. The highest BCUT2D eigenvalue weighted by Gasteiger charge is 2.31. The van der Waals surface area contributed by atoms with Gasteiger partial charge in [0.25, 0.3) is 0 Å². The van der Waals surface area contributed by atoms with Gasteiger partial charge < -0.3 is 10.1 Å². The number of anilines is 1. The maximum Gasteiger partial charge on any atom is 0.184 e. The number of benzene rings is 2. The Balaban J connectivity index is 1.62. The maximum atomic E-state index is 6.56. The molecule has 5 heteroatoms. The van der Waals surface area contributed by atoms with Crippen LogP contribution in [0.3, 0.4) is 0 Å². The summed E-state index contributed by atoms with van der Waals surface area (Å²) in [4.78, 5) is 5.98. The fraction of sp³-hybridized carbons (Fsp3) is 0.346. The molecule has 0 bridgehead atoms. The molecule has 2 unspecified atom stereocenters. The summed E-state index contributed by atoms with van der Waals surface area (Å²) in [7, 11) is 1.65. The van der Waals surface area contributed by atoms with Gasteiger partial charge in [-0.25, -0.2) is 4.98 Å². The first-order chi connectivity index (χ1) is 15.0. The van der Waals surface area contributed by atoms with Crippen LogP contribution in [0.5, 0.6) is 5.75 Å². The van der Waals surface area contributed by atoms with Crippen LogP contribution >= 0.6 is 22.9 Å². The van der Waals surface area contributed by atoms with Gasteiger partial charge in [-0.05, 0) is 49.4 Å². The van der Waals surface area contributed by atoms with E-state index in [0.29, 0.717) is 5.02 Å². The molecule has 3 nitrogen and oxygen atoms in total. The van der Waals surface area contributed by atoms with E-state index in [4.69, 9.17) is 27.7 Å². The van der Waals surface area contributed by atoms with Crippen molar-refractivity contribution in [3.63, 3.8) is 0 Å². The van der Waals surface area contributed by atoms with E-state index in [2.05, 4.69) is 42.4 Å². The van der Waals surface area contributed by atoms with E-state index in [0.717, 1.165) is 44.9 Å². The second-order valence-electron chi connectivity index (χ2n) is 8.21. The summed E-state index contributed by atoms with van der Waals surface area (Å²) in [5.74, 6) is 4.81. The van der Waals surface area contributed by atoms with Crippen molar-refractivity contribution in [2.75, 3.05) is 12.4 Å². The molecular weight excluding hydrogens is 424 g/mol. The molecule has 1 heterocycles. The Hall–Kier alpha value is -2.48. The lowest BCUT2D eigenvalue weighted by Crippen LogP contribution is -2.26. The third-order valence-corrected chi connectivity index (χ3v) is 7.12. The minimum absolute atomic E-state index is 0.116. The molecule has 0 radical (unpaired) electrons. The van der Waals surface area contributed by atoms with Gasteiger partial charge in [-0.15, -0.1) is 17.8 Å². The third kappa shape index (κ3) is 4.89. The highest BCUT2D eigenvalue weighted by molar-refractivity contribution is 7.16. The smallest absolute Gasteiger partial charge is 0.184 e. The first-order valence-electron chi connectivity index (χ1n) is 10.6. The molecule has 1 fully saturated rings. The zero-order chi connectivity index (χ0) is 22.0. The molecule has 2 aromatic carbocycles. The number of thiazole rings is 1. The Morgan fingerprint density at radius 2 is 2.00 bits per heavy atom. The molecule has 1 aliphatic rings. The van der Waals surface area contributed by atoms with Crippen molar-refractivity contribution >= 4 is 28.1 Å². The second-order valence-corrected chi connectivity index (χ2v) is 9.82. The van der Waals surface area contributed by atoms with Gasteiger partial charge >= 0.3 is 0 Å². The zero-order valence-electron chi connectivity index (χ0n) is 18.1. The molecule has 160 valence electrons. The number of ether oxygens (including phenoxy) is 1. The van der Waals surface area contributed by atoms with E-state index in [1.54, 1.807) is 18.4 Å². The monoisotopic (exact) mass is 450 g/mol. The van der Waals surface area contributed by atoms with Crippen LogP contribution in [0.1, 0.15) is 41.2 Å². The van der Waals surface area contributed by atoms with Crippen LogP contribution < -0.4 is 10.1 Å². The van der Waals surface area contributed by atoms with Crippen molar-refractivity contribution in [2.24, 2.45) is 5.92 Å². The topological polar surface area (TPSA) is 34.2 Å². The van der Waals surface area contributed by atoms with Crippen molar-refractivity contribution in [3.05, 3.63) is 63.5 Å². The number of terminal acetylenes is 1. The van der Waals surface area contributed by atoms with E-state index < -0.39 is 0 Å². The molecule has 0 saturated heterocycles. The number of hydrogen-bond donors (Lipinski definition) is 1. The standard InChI is InChI=1S/C26H27ClN2OS/c1-5-23(20(14-18-11-12-18)19-9-7-6-8-10-19)28-26-29-25(17(3)31-26)21-13-16(2)24(30-4)15-22(21)27/h1,6-10,13,15,18,20,23H,11-12,14H2,2-4H3,(H,28,29). The van der Waals surface area contributed by atoms with Gasteiger partial charge in [0, 0.05) is 16.4 Å². The van der Waals surface area contributed by atoms with Crippen LogP contribution in [0.2, 0.25) is 5.02 Å². The van der Waals surface area contributed by atoms with Crippen LogP contribution in [-0.4, -0.2) is 18.1 Å². The lowest BCUT2D eigenvalue weighted by Gasteiger charge is -2.24. The van der Waals surface area contributed by atoms with Crippen LogP contribution in [0.15, 0.2) is 42.5 Å². The lowest BCUT2D eigenvalue weighted by molar-refractivity contribution is 0.412. The number of halogens is 1. The molecule has 1 aliphatic carbocycles. The fourth-order valence-electron chi connectivity index (χ4n) is 4.04. The largest absolute Gasteiger partial charge is 0.496 e. The molecule has 31 heavy (non-hydrogen) atoms. The third-order valence-electron chi connectivity index (χ3n) is 5.91. The molecule has 1 N–H and O–H groups in total. The Morgan fingerprint density at radius 3 is 2.65 bits per heavy atom. The summed E-state index contributed by atoms with van der Waals surface area (Å²) < 4.78 is 5.39. The average molecular weight is 451 g/mol. The normalized spacial score (nSPS) is 15.2. The predicted molar refractivity (Wildman–Crippen MR) is 131 cm³/mol. The number of nitrogens with zero attached hydrogens (tertiary/aromatic N) is 1. The van der Waals surface area contributed by atoms with Crippen molar-refractivity contribution in [1.82, 2.24) is 4.98 Å². The first-order valence-corrected chi connectivity index (χ1v) is 11.8. The van der Waals surface area contributed by atoms with Crippen molar-refractivity contribution in [2.45, 2.75) is 45.1 Å². The summed E-state index contributed by atoms with van der Waals surface area (Å²) in [5, 5.41) is 5.01. The minimum Gasteiger partial charge on any atom is -0.496 e. The van der Waals surface area contributed by atoms with Crippen LogP contribution in [0, 0.1) is 32.1 Å². The van der Waals surface area contributed by atoms with Crippen molar-refractivity contribution in [1.29, 1.82) is 0 Å². The summed E-state index contributed by atoms with van der Waals surface area (Å²) in [5.41, 5.74) is 4.11. The lowest BCUT2D eigenvalue weighted by atomic mass is 9.87. The molecule has 0 amide bonds. The van der Waals surface area contributed by atoms with E-state index in [-0.39, 0.29) is 12.0 Å². The predicted octanol–water partition coefficient (Wildman–Crippen LogP) is 7.09. The summed E-state index contributed by atoms with van der Waals surface area (Å²) in [6.45, 7) is 4.08. The molecule has 2 atom stereocenters. The summed E-state index contributed by atoms with van der Waals surface area (Å²) in [6.07, 6.45) is 9.72. The fourth-order valence-corrected chi connectivity index (χ4v) is 5.15. The number of methoxy groups -OCH3 is 1. The van der Waals surface area contributed by atoms with Gasteiger partial charge in [-0.1, -0.05) is 60.7 Å². The average Bonchev–Trinajstić information content (AvgIpc) is 3.53. The number of rotatable bonds is 8. The molecule has 1 aromatic heterocycles. The van der Waals surface area contributed by atoms with Crippen LogP contribution in [0.4, 0.5) is 5.13 Å². The highest BCUT2D eigenvalue weighted by atomic mass is 35.5. The van der Waals surface area contributed by atoms with E-state index in [1.807, 2.05) is 25.1 Å². The minimum atomic E-state index is -0.116. The van der Waals surface area contributed by atoms with Gasteiger partial charge in [0.1, 0.15) is 5.75 Å². The molecule has 4 rings (SSSR count). The number of aryl methyl sites for hydroxylation is 2. The number of aromatic nitrogens is 1. The zero-order valence-corrected chi connectivity index (χ0v) is 19.7. The van der Waals surface area contributed by atoms with E-state index in [9.17, 15) is 0 Å². The number of hydrogen-bond acceptors (Lipinski definition) is 4. The molecule has 0 spiro atoms. The van der Waals surface area contributed by atoms with Gasteiger partial charge in [-0.2, -0.15) is 0 Å². The Bertz CT molecular complexity index is 1100. The molecule has 1 saturated carbocycles. The van der Waals surface area contributed by atoms with Gasteiger partial charge in [0.05, 0.1) is 23.9 Å². The molecule has 3 aromatic rings. The van der Waals surface area contributed by atoms with Gasteiger partial charge in [-0.3, -0.25) is 0 Å². The van der Waals surface area contributed by atoms with Crippen molar-refractivity contribution in [3.8, 4) is 29.4 Å². The SMILES string of the molecule is C#CC(Nc1nc(-c2cc(C)c(OC)cc2Cl)c(C)s1)C(CC1CC1)c1ccccc1.